The predicted octanol–water partition coefficient (Wildman–Crippen LogP) is 3.00. The fourth-order valence-corrected chi connectivity index (χ4v) is 2.05. The van der Waals surface area contributed by atoms with Gasteiger partial charge in [0.1, 0.15) is 5.15 Å². The molecule has 1 saturated carbocycles. The third-order valence-electron chi connectivity index (χ3n) is 2.93. The van der Waals surface area contributed by atoms with Gasteiger partial charge in [0, 0.05) is 24.8 Å². The van der Waals surface area contributed by atoms with Gasteiger partial charge in [0.05, 0.1) is 0 Å². The van der Waals surface area contributed by atoms with Crippen LogP contribution in [0.15, 0.2) is 18.3 Å². The summed E-state index contributed by atoms with van der Waals surface area (Å²) in [5.41, 5.74) is 0.638. The molecule has 2 rings (SSSR count). The van der Waals surface area contributed by atoms with E-state index in [-0.39, 0.29) is 5.91 Å². The summed E-state index contributed by atoms with van der Waals surface area (Å²) < 4.78 is 0. The molecule has 1 fully saturated rings. The van der Waals surface area contributed by atoms with E-state index in [1.165, 1.54) is 12.8 Å². The van der Waals surface area contributed by atoms with E-state index in [9.17, 15) is 4.79 Å². The van der Waals surface area contributed by atoms with Crippen LogP contribution in [0, 0.1) is 5.92 Å². The summed E-state index contributed by atoms with van der Waals surface area (Å²) in [5.74, 6) is 0.783. The number of amides is 1. The Morgan fingerprint density at radius 2 is 2.35 bits per heavy atom. The summed E-state index contributed by atoms with van der Waals surface area (Å²) in [5, 5.41) is 0.374. The molecule has 3 nitrogen and oxygen atoms in total. The van der Waals surface area contributed by atoms with Crippen molar-refractivity contribution in [2.24, 2.45) is 5.92 Å². The van der Waals surface area contributed by atoms with Crippen molar-refractivity contribution in [3.63, 3.8) is 0 Å². The molecule has 1 aliphatic carbocycles. The number of hydrogen-bond acceptors (Lipinski definition) is 2. The van der Waals surface area contributed by atoms with Crippen LogP contribution in [0.25, 0.3) is 0 Å². The van der Waals surface area contributed by atoms with Crippen LogP contribution >= 0.6 is 11.6 Å². The summed E-state index contributed by atoms with van der Waals surface area (Å²) >= 11 is 5.81. The summed E-state index contributed by atoms with van der Waals surface area (Å²) in [7, 11) is 0. The smallest absolute Gasteiger partial charge is 0.254 e. The van der Waals surface area contributed by atoms with Gasteiger partial charge in [-0.25, -0.2) is 4.98 Å². The Morgan fingerprint density at radius 3 is 2.94 bits per heavy atom. The van der Waals surface area contributed by atoms with Gasteiger partial charge >= 0.3 is 0 Å². The molecule has 0 spiro atoms. The van der Waals surface area contributed by atoms with E-state index < -0.39 is 0 Å². The highest BCUT2D eigenvalue weighted by molar-refractivity contribution is 6.29. The van der Waals surface area contributed by atoms with Crippen LogP contribution in [0.2, 0.25) is 5.15 Å². The average molecular weight is 253 g/mol. The van der Waals surface area contributed by atoms with E-state index >= 15 is 0 Å². The molecule has 17 heavy (non-hydrogen) atoms. The first-order valence-electron chi connectivity index (χ1n) is 6.11. The van der Waals surface area contributed by atoms with Crippen molar-refractivity contribution in [3.8, 4) is 0 Å². The molecule has 1 heterocycles. The lowest BCUT2D eigenvalue weighted by Crippen LogP contribution is -2.33. The standard InChI is InChI=1S/C13H17ClN2O/c1-2-7-16(9-10-3-4-10)13(17)11-5-6-15-12(14)8-11/h5-6,8,10H,2-4,7,9H2,1H3. The van der Waals surface area contributed by atoms with Gasteiger partial charge in [-0.1, -0.05) is 18.5 Å². The Kier molecular flexibility index (Phi) is 4.00. The van der Waals surface area contributed by atoms with Crippen LogP contribution in [0.1, 0.15) is 36.5 Å². The van der Waals surface area contributed by atoms with Gasteiger partial charge in [-0.15, -0.1) is 0 Å². The van der Waals surface area contributed by atoms with Crippen molar-refractivity contribution in [2.45, 2.75) is 26.2 Å². The first-order chi connectivity index (χ1) is 8.20. The minimum absolute atomic E-state index is 0.0723. The van der Waals surface area contributed by atoms with Crippen molar-refractivity contribution >= 4 is 17.5 Å². The number of rotatable bonds is 5. The molecule has 0 radical (unpaired) electrons. The zero-order valence-corrected chi connectivity index (χ0v) is 10.8. The maximum atomic E-state index is 12.3. The lowest BCUT2D eigenvalue weighted by atomic mass is 10.2. The van der Waals surface area contributed by atoms with Crippen molar-refractivity contribution < 1.29 is 4.79 Å². The first kappa shape index (κ1) is 12.4. The van der Waals surface area contributed by atoms with Gasteiger partial charge in [-0.05, 0) is 37.3 Å². The number of carbonyl (C=O) groups is 1. The quantitative estimate of drug-likeness (QED) is 0.755. The summed E-state index contributed by atoms with van der Waals surface area (Å²) in [4.78, 5) is 18.1. The molecule has 1 amide bonds. The molecule has 0 aliphatic heterocycles. The molecule has 0 N–H and O–H groups in total. The van der Waals surface area contributed by atoms with Gasteiger partial charge in [0.25, 0.3) is 5.91 Å². The van der Waals surface area contributed by atoms with Gasteiger partial charge in [0.2, 0.25) is 0 Å². The maximum absolute atomic E-state index is 12.3. The van der Waals surface area contributed by atoms with Crippen LogP contribution in [-0.4, -0.2) is 28.9 Å². The molecule has 0 aromatic carbocycles. The average Bonchev–Trinajstić information content (AvgIpc) is 3.11. The SMILES string of the molecule is CCCN(CC1CC1)C(=O)c1ccnc(Cl)c1. The van der Waals surface area contributed by atoms with Crippen molar-refractivity contribution in [1.82, 2.24) is 9.88 Å². The molecule has 1 aromatic rings. The van der Waals surface area contributed by atoms with Crippen LogP contribution in [0.4, 0.5) is 0 Å². The molecule has 0 unspecified atom stereocenters. The van der Waals surface area contributed by atoms with Crippen LogP contribution < -0.4 is 0 Å². The van der Waals surface area contributed by atoms with E-state index in [0.29, 0.717) is 16.6 Å². The number of nitrogens with zero attached hydrogens (tertiary/aromatic N) is 2. The topological polar surface area (TPSA) is 33.2 Å². The first-order valence-corrected chi connectivity index (χ1v) is 6.49. The molecular formula is C13H17ClN2O. The number of halogens is 1. The van der Waals surface area contributed by atoms with Crippen LogP contribution in [0.5, 0.6) is 0 Å². The predicted molar refractivity (Wildman–Crippen MR) is 68.2 cm³/mol. The molecule has 0 saturated heterocycles. The van der Waals surface area contributed by atoms with E-state index in [1.54, 1.807) is 18.3 Å². The number of carbonyl (C=O) groups excluding carboxylic acids is 1. The fraction of sp³-hybridized carbons (Fsp3) is 0.538. The normalized spacial score (nSPS) is 14.7. The molecule has 0 bridgehead atoms. The summed E-state index contributed by atoms with van der Waals surface area (Å²) in [6.45, 7) is 3.79. The highest BCUT2D eigenvalue weighted by Crippen LogP contribution is 2.30. The Hall–Kier alpha value is -1.09. The van der Waals surface area contributed by atoms with E-state index in [4.69, 9.17) is 11.6 Å². The second-order valence-electron chi connectivity index (χ2n) is 4.56. The van der Waals surface area contributed by atoms with Crippen molar-refractivity contribution in [2.75, 3.05) is 13.1 Å². The van der Waals surface area contributed by atoms with Gasteiger partial charge < -0.3 is 4.90 Å². The van der Waals surface area contributed by atoms with E-state index in [0.717, 1.165) is 19.5 Å². The fourth-order valence-electron chi connectivity index (χ4n) is 1.88. The molecule has 1 aliphatic rings. The largest absolute Gasteiger partial charge is 0.338 e. The second-order valence-corrected chi connectivity index (χ2v) is 4.95. The van der Waals surface area contributed by atoms with Gasteiger partial charge in [-0.3, -0.25) is 4.79 Å². The van der Waals surface area contributed by atoms with Crippen molar-refractivity contribution in [3.05, 3.63) is 29.0 Å². The molecule has 1 aromatic heterocycles. The minimum Gasteiger partial charge on any atom is -0.338 e. The van der Waals surface area contributed by atoms with Gasteiger partial charge in [0.15, 0.2) is 0 Å². The summed E-state index contributed by atoms with van der Waals surface area (Å²) in [6, 6.07) is 3.36. The molecule has 4 heteroatoms. The van der Waals surface area contributed by atoms with Gasteiger partial charge in [-0.2, -0.15) is 0 Å². The minimum atomic E-state index is 0.0723. The van der Waals surface area contributed by atoms with Crippen LogP contribution in [0.3, 0.4) is 0 Å². The summed E-state index contributed by atoms with van der Waals surface area (Å²) in [6.07, 6.45) is 5.07. The lowest BCUT2D eigenvalue weighted by molar-refractivity contribution is 0.0747. The Balaban J connectivity index is 2.08. The highest BCUT2D eigenvalue weighted by atomic mass is 35.5. The third kappa shape index (κ3) is 3.43. The number of hydrogen-bond donors (Lipinski definition) is 0. The van der Waals surface area contributed by atoms with E-state index in [2.05, 4.69) is 11.9 Å². The second kappa shape index (κ2) is 5.50. The van der Waals surface area contributed by atoms with E-state index in [1.807, 2.05) is 4.90 Å². The zero-order valence-electron chi connectivity index (χ0n) is 10.0. The maximum Gasteiger partial charge on any atom is 0.254 e. The van der Waals surface area contributed by atoms with Crippen molar-refractivity contribution in [1.29, 1.82) is 0 Å². The Morgan fingerprint density at radius 1 is 1.59 bits per heavy atom. The highest BCUT2D eigenvalue weighted by Gasteiger charge is 2.26. The molecule has 92 valence electrons. The zero-order chi connectivity index (χ0) is 12.3. The Bertz CT molecular complexity index is 404. The Labute approximate surface area is 107 Å². The van der Waals surface area contributed by atoms with Crippen LogP contribution in [-0.2, 0) is 0 Å². The monoisotopic (exact) mass is 252 g/mol. The molecule has 0 atom stereocenters. The number of pyridine rings is 1. The third-order valence-corrected chi connectivity index (χ3v) is 3.14. The lowest BCUT2D eigenvalue weighted by Gasteiger charge is -2.22. The number of aromatic nitrogens is 1. The molecular weight excluding hydrogens is 236 g/mol.